The van der Waals surface area contributed by atoms with Crippen LogP contribution in [0.25, 0.3) is 11.1 Å². The number of halogens is 2. The molecule has 2 aromatic carbocycles. The Bertz CT molecular complexity index is 549. The molecule has 2 rings (SSSR count). The number of hydrogen-bond acceptors (Lipinski definition) is 1. The van der Waals surface area contributed by atoms with Crippen LogP contribution in [0.3, 0.4) is 0 Å². The first-order valence-electron chi connectivity index (χ1n) is 6.34. The smallest absolute Gasteiger partial charge is 0.0457 e. The third-order valence-electron chi connectivity index (χ3n) is 2.93. The van der Waals surface area contributed by atoms with Gasteiger partial charge >= 0.3 is 0 Å². The second-order valence-corrected chi connectivity index (χ2v) is 6.17. The lowest BCUT2D eigenvalue weighted by atomic mass is 10.0. The predicted octanol–water partition coefficient (Wildman–Crippen LogP) is 5.27. The Morgan fingerprint density at radius 1 is 1.05 bits per heavy atom. The SMILES string of the molecule is CC(C)NCc1ccc(-c2ccc(Br)cc2)cc1Cl. The van der Waals surface area contributed by atoms with Crippen molar-refractivity contribution >= 4 is 27.5 Å². The summed E-state index contributed by atoms with van der Waals surface area (Å²) in [6.07, 6.45) is 0. The van der Waals surface area contributed by atoms with Crippen molar-refractivity contribution in [1.82, 2.24) is 5.32 Å². The first kappa shape index (κ1) is 14.6. The van der Waals surface area contributed by atoms with Gasteiger partial charge in [0.2, 0.25) is 0 Å². The summed E-state index contributed by atoms with van der Waals surface area (Å²) in [7, 11) is 0. The summed E-state index contributed by atoms with van der Waals surface area (Å²) in [5.41, 5.74) is 3.45. The fraction of sp³-hybridized carbons (Fsp3) is 0.250. The summed E-state index contributed by atoms with van der Waals surface area (Å²) >= 11 is 9.79. The van der Waals surface area contributed by atoms with Crippen LogP contribution in [0.15, 0.2) is 46.9 Å². The van der Waals surface area contributed by atoms with Crippen molar-refractivity contribution in [3.8, 4) is 11.1 Å². The molecule has 0 bridgehead atoms. The van der Waals surface area contributed by atoms with Crippen LogP contribution in [-0.4, -0.2) is 6.04 Å². The van der Waals surface area contributed by atoms with Gasteiger partial charge in [-0.25, -0.2) is 0 Å². The minimum atomic E-state index is 0.460. The quantitative estimate of drug-likeness (QED) is 0.801. The number of benzene rings is 2. The Morgan fingerprint density at radius 3 is 2.26 bits per heavy atom. The summed E-state index contributed by atoms with van der Waals surface area (Å²) in [5, 5.41) is 4.19. The zero-order valence-electron chi connectivity index (χ0n) is 11.1. The van der Waals surface area contributed by atoms with Crippen LogP contribution in [0.1, 0.15) is 19.4 Å². The van der Waals surface area contributed by atoms with Gasteiger partial charge in [-0.3, -0.25) is 0 Å². The topological polar surface area (TPSA) is 12.0 Å². The van der Waals surface area contributed by atoms with Crippen molar-refractivity contribution in [3.63, 3.8) is 0 Å². The number of hydrogen-bond donors (Lipinski definition) is 1. The average molecular weight is 339 g/mol. The van der Waals surface area contributed by atoms with E-state index in [4.69, 9.17) is 11.6 Å². The van der Waals surface area contributed by atoms with Gasteiger partial charge < -0.3 is 5.32 Å². The maximum absolute atomic E-state index is 6.34. The zero-order chi connectivity index (χ0) is 13.8. The van der Waals surface area contributed by atoms with Gasteiger partial charge in [-0.15, -0.1) is 0 Å². The van der Waals surface area contributed by atoms with Gasteiger partial charge in [0.15, 0.2) is 0 Å². The highest BCUT2D eigenvalue weighted by Crippen LogP contribution is 2.26. The maximum atomic E-state index is 6.34. The lowest BCUT2D eigenvalue weighted by molar-refractivity contribution is 0.589. The molecule has 0 aliphatic heterocycles. The standard InChI is InChI=1S/C16H17BrClN/c1-11(2)19-10-14-4-3-13(9-16(14)18)12-5-7-15(17)8-6-12/h3-9,11,19H,10H2,1-2H3. The molecular weight excluding hydrogens is 322 g/mol. The first-order chi connectivity index (χ1) is 9.06. The van der Waals surface area contributed by atoms with Gasteiger partial charge in [0.1, 0.15) is 0 Å². The van der Waals surface area contributed by atoms with Crippen LogP contribution >= 0.6 is 27.5 Å². The summed E-state index contributed by atoms with van der Waals surface area (Å²) in [6, 6.07) is 14.9. The molecule has 19 heavy (non-hydrogen) atoms. The van der Waals surface area contributed by atoms with Crippen LogP contribution in [0.2, 0.25) is 5.02 Å². The van der Waals surface area contributed by atoms with E-state index in [2.05, 4.69) is 59.4 Å². The average Bonchev–Trinajstić information content (AvgIpc) is 2.38. The second kappa shape index (κ2) is 6.56. The highest BCUT2D eigenvalue weighted by molar-refractivity contribution is 9.10. The Kier molecular flexibility index (Phi) is 5.03. The van der Waals surface area contributed by atoms with E-state index in [9.17, 15) is 0 Å². The van der Waals surface area contributed by atoms with E-state index in [1.807, 2.05) is 18.2 Å². The summed E-state index contributed by atoms with van der Waals surface area (Å²) in [6.45, 7) is 5.06. The van der Waals surface area contributed by atoms with E-state index in [1.165, 1.54) is 5.56 Å². The first-order valence-corrected chi connectivity index (χ1v) is 7.51. The van der Waals surface area contributed by atoms with Gasteiger partial charge in [0, 0.05) is 22.1 Å². The molecule has 0 aliphatic carbocycles. The Balaban J connectivity index is 2.21. The second-order valence-electron chi connectivity index (χ2n) is 4.85. The summed E-state index contributed by atoms with van der Waals surface area (Å²) in [5.74, 6) is 0. The molecule has 0 amide bonds. The summed E-state index contributed by atoms with van der Waals surface area (Å²) in [4.78, 5) is 0. The Hall–Kier alpha value is -0.830. The molecule has 0 atom stereocenters. The third kappa shape index (κ3) is 4.07. The van der Waals surface area contributed by atoms with Gasteiger partial charge in [-0.2, -0.15) is 0 Å². The number of rotatable bonds is 4. The lowest BCUT2D eigenvalue weighted by Gasteiger charge is -2.11. The predicted molar refractivity (Wildman–Crippen MR) is 86.6 cm³/mol. The molecule has 0 fully saturated rings. The molecule has 0 aromatic heterocycles. The van der Waals surface area contributed by atoms with E-state index in [0.29, 0.717) is 6.04 Å². The van der Waals surface area contributed by atoms with Crippen molar-refractivity contribution in [3.05, 3.63) is 57.5 Å². The molecule has 1 N–H and O–H groups in total. The van der Waals surface area contributed by atoms with Crippen molar-refractivity contribution in [1.29, 1.82) is 0 Å². The highest BCUT2D eigenvalue weighted by Gasteiger charge is 2.04. The lowest BCUT2D eigenvalue weighted by Crippen LogP contribution is -2.21. The molecule has 0 saturated carbocycles. The molecule has 2 aromatic rings. The van der Waals surface area contributed by atoms with E-state index in [0.717, 1.165) is 27.2 Å². The molecule has 0 unspecified atom stereocenters. The fourth-order valence-electron chi connectivity index (χ4n) is 1.83. The molecular formula is C16H17BrClN. The molecule has 1 nitrogen and oxygen atoms in total. The van der Waals surface area contributed by atoms with Crippen molar-refractivity contribution in [2.75, 3.05) is 0 Å². The minimum absolute atomic E-state index is 0.460. The zero-order valence-corrected chi connectivity index (χ0v) is 13.4. The van der Waals surface area contributed by atoms with Crippen LogP contribution in [0, 0.1) is 0 Å². The van der Waals surface area contributed by atoms with E-state index in [-0.39, 0.29) is 0 Å². The van der Waals surface area contributed by atoms with E-state index >= 15 is 0 Å². The van der Waals surface area contributed by atoms with Crippen LogP contribution in [0.4, 0.5) is 0 Å². The third-order valence-corrected chi connectivity index (χ3v) is 3.81. The highest BCUT2D eigenvalue weighted by atomic mass is 79.9. The van der Waals surface area contributed by atoms with E-state index < -0.39 is 0 Å². The van der Waals surface area contributed by atoms with Crippen molar-refractivity contribution in [2.24, 2.45) is 0 Å². The molecule has 0 aliphatic rings. The number of nitrogens with one attached hydrogen (secondary N) is 1. The largest absolute Gasteiger partial charge is 0.310 e. The molecule has 100 valence electrons. The monoisotopic (exact) mass is 337 g/mol. The van der Waals surface area contributed by atoms with Crippen LogP contribution in [0.5, 0.6) is 0 Å². The maximum Gasteiger partial charge on any atom is 0.0457 e. The fourth-order valence-corrected chi connectivity index (χ4v) is 2.34. The minimum Gasteiger partial charge on any atom is -0.310 e. The van der Waals surface area contributed by atoms with Crippen molar-refractivity contribution < 1.29 is 0 Å². The summed E-state index contributed by atoms with van der Waals surface area (Å²) < 4.78 is 1.08. The Labute approximate surface area is 128 Å². The molecule has 0 radical (unpaired) electrons. The molecule has 0 heterocycles. The Morgan fingerprint density at radius 2 is 1.68 bits per heavy atom. The van der Waals surface area contributed by atoms with Gasteiger partial charge in [-0.1, -0.05) is 65.6 Å². The molecule has 3 heteroatoms. The van der Waals surface area contributed by atoms with Gasteiger partial charge in [0.25, 0.3) is 0 Å². The van der Waals surface area contributed by atoms with Crippen LogP contribution in [-0.2, 0) is 6.54 Å². The van der Waals surface area contributed by atoms with Crippen molar-refractivity contribution in [2.45, 2.75) is 26.4 Å². The van der Waals surface area contributed by atoms with E-state index in [1.54, 1.807) is 0 Å². The molecule has 0 saturated heterocycles. The van der Waals surface area contributed by atoms with Gasteiger partial charge in [0.05, 0.1) is 0 Å². The normalized spacial score (nSPS) is 11.0. The van der Waals surface area contributed by atoms with Gasteiger partial charge in [-0.05, 0) is 34.9 Å². The molecule has 0 spiro atoms. The van der Waals surface area contributed by atoms with Crippen LogP contribution < -0.4 is 5.32 Å².